The fraction of sp³-hybridized carbons (Fsp3) is 0.429. The summed E-state index contributed by atoms with van der Waals surface area (Å²) in [6, 6.07) is 7.93. The van der Waals surface area contributed by atoms with Crippen LogP contribution >= 0.6 is 11.8 Å². The maximum Gasteiger partial charge on any atom is 0.239 e. The monoisotopic (exact) mass is 372 g/mol. The zero-order valence-corrected chi connectivity index (χ0v) is 17.0. The molecule has 0 saturated heterocycles. The predicted octanol–water partition coefficient (Wildman–Crippen LogP) is 4.40. The molecule has 2 rings (SSSR count). The first-order valence-corrected chi connectivity index (χ1v) is 9.69. The van der Waals surface area contributed by atoms with Gasteiger partial charge in [0.25, 0.3) is 0 Å². The van der Waals surface area contributed by atoms with Gasteiger partial charge in [0.1, 0.15) is 5.25 Å². The van der Waals surface area contributed by atoms with E-state index in [-0.39, 0.29) is 28.3 Å². The van der Waals surface area contributed by atoms with Gasteiger partial charge in [-0.05, 0) is 30.0 Å². The quantitative estimate of drug-likeness (QED) is 0.594. The Kier molecular flexibility index (Phi) is 6.34. The van der Waals surface area contributed by atoms with Crippen LogP contribution in [0.4, 0.5) is 5.69 Å². The van der Waals surface area contributed by atoms with Crippen molar-refractivity contribution in [1.82, 2.24) is 5.32 Å². The van der Waals surface area contributed by atoms with E-state index < -0.39 is 0 Å². The number of nitrogens with one attached hydrogen (secondary N) is 2. The van der Waals surface area contributed by atoms with E-state index in [4.69, 9.17) is 0 Å². The van der Waals surface area contributed by atoms with Gasteiger partial charge in [0.05, 0.1) is 0 Å². The average molecular weight is 373 g/mol. The molecule has 2 unspecified atom stereocenters. The Bertz CT molecular complexity index is 747. The lowest BCUT2D eigenvalue weighted by atomic mass is 9.79. The fourth-order valence-electron chi connectivity index (χ4n) is 2.43. The minimum Gasteiger partial charge on any atom is -0.382 e. The summed E-state index contributed by atoms with van der Waals surface area (Å²) in [4.78, 5) is 26.3. The number of hydrogen-bond donors (Lipinski definition) is 2. The molecule has 1 aliphatic heterocycles. The fourth-order valence-corrected chi connectivity index (χ4v) is 3.50. The van der Waals surface area contributed by atoms with Gasteiger partial charge in [-0.2, -0.15) is 0 Å². The molecule has 5 heteroatoms. The summed E-state index contributed by atoms with van der Waals surface area (Å²) < 4.78 is 0. The molecule has 0 saturated carbocycles. The molecule has 0 radical (unpaired) electrons. The summed E-state index contributed by atoms with van der Waals surface area (Å²) in [6.07, 6.45) is 1.52. The molecule has 1 aromatic carbocycles. The highest BCUT2D eigenvalue weighted by atomic mass is 32.2. The van der Waals surface area contributed by atoms with Crippen LogP contribution in [0.25, 0.3) is 0 Å². The van der Waals surface area contributed by atoms with Gasteiger partial charge < -0.3 is 10.6 Å². The van der Waals surface area contributed by atoms with E-state index >= 15 is 0 Å². The van der Waals surface area contributed by atoms with E-state index in [1.54, 1.807) is 6.92 Å². The molecule has 2 N–H and O–H groups in total. The first-order valence-electron chi connectivity index (χ1n) is 8.81. The molecule has 140 valence electrons. The van der Waals surface area contributed by atoms with E-state index in [2.05, 4.69) is 17.2 Å². The largest absolute Gasteiger partial charge is 0.382 e. The minimum absolute atomic E-state index is 0.00410. The molecule has 0 bridgehead atoms. The number of para-hydroxylation sites is 1. The van der Waals surface area contributed by atoms with Crippen molar-refractivity contribution in [2.45, 2.75) is 44.8 Å². The van der Waals surface area contributed by atoms with Crippen LogP contribution in [0.2, 0.25) is 0 Å². The summed E-state index contributed by atoms with van der Waals surface area (Å²) >= 11 is 1.53. The maximum atomic E-state index is 12.7. The summed E-state index contributed by atoms with van der Waals surface area (Å²) in [6.45, 7) is 14.3. The molecule has 26 heavy (non-hydrogen) atoms. The Labute approximate surface area is 160 Å². The molecule has 0 spiro atoms. The lowest BCUT2D eigenvalue weighted by molar-refractivity contribution is -0.120. The second-order valence-electron chi connectivity index (χ2n) is 7.80. The van der Waals surface area contributed by atoms with Crippen molar-refractivity contribution < 1.29 is 9.59 Å². The van der Waals surface area contributed by atoms with Crippen molar-refractivity contribution in [3.63, 3.8) is 0 Å². The van der Waals surface area contributed by atoms with Crippen molar-refractivity contribution in [3.8, 4) is 0 Å². The van der Waals surface area contributed by atoms with Crippen molar-refractivity contribution >= 4 is 29.1 Å². The van der Waals surface area contributed by atoms with Gasteiger partial charge in [0.15, 0.2) is 5.78 Å². The normalized spacial score (nSPS) is 18.3. The second kappa shape index (κ2) is 8.12. The third kappa shape index (κ3) is 5.01. The minimum atomic E-state index is -0.261. The van der Waals surface area contributed by atoms with Crippen LogP contribution in [-0.4, -0.2) is 23.5 Å². The number of fused-ring (bicyclic) bond motifs is 1. The summed E-state index contributed by atoms with van der Waals surface area (Å²) in [7, 11) is 0. The number of rotatable bonds is 5. The zero-order chi connectivity index (χ0) is 19.5. The van der Waals surface area contributed by atoms with Crippen molar-refractivity contribution in [2.24, 2.45) is 11.3 Å². The number of carbonyl (C=O) groups is 2. The molecule has 1 aliphatic rings. The van der Waals surface area contributed by atoms with E-state index in [0.717, 1.165) is 10.6 Å². The van der Waals surface area contributed by atoms with Gasteiger partial charge >= 0.3 is 0 Å². The maximum absolute atomic E-state index is 12.7. The second-order valence-corrected chi connectivity index (χ2v) is 9.05. The summed E-state index contributed by atoms with van der Waals surface area (Å²) in [5.74, 6) is -0.274. The van der Waals surface area contributed by atoms with Gasteiger partial charge in [0.2, 0.25) is 5.91 Å². The smallest absolute Gasteiger partial charge is 0.239 e. The van der Waals surface area contributed by atoms with Gasteiger partial charge in [0, 0.05) is 34.8 Å². The van der Waals surface area contributed by atoms with Crippen molar-refractivity contribution in [3.05, 3.63) is 48.2 Å². The summed E-state index contributed by atoms with van der Waals surface area (Å²) in [5, 5.41) is 5.92. The SMILES string of the molecule is C=C(C)/C(=C\C(=O)C(C)C(C)(C)C)NC(=O)C1CNc2ccccc2S1. The zero-order valence-electron chi connectivity index (χ0n) is 16.2. The average Bonchev–Trinajstić information content (AvgIpc) is 2.58. The lowest BCUT2D eigenvalue weighted by Crippen LogP contribution is -2.38. The van der Waals surface area contributed by atoms with Crippen molar-refractivity contribution in [2.75, 3.05) is 11.9 Å². The number of hydrogen-bond acceptors (Lipinski definition) is 4. The number of benzene rings is 1. The number of amides is 1. The number of allylic oxidation sites excluding steroid dienone is 2. The topological polar surface area (TPSA) is 58.2 Å². The first-order chi connectivity index (χ1) is 12.1. The number of anilines is 1. The Balaban J connectivity index is 2.11. The molecular weight excluding hydrogens is 344 g/mol. The third-order valence-electron chi connectivity index (χ3n) is 4.66. The van der Waals surface area contributed by atoms with Crippen LogP contribution in [0, 0.1) is 11.3 Å². The summed E-state index contributed by atoms with van der Waals surface area (Å²) in [5.41, 5.74) is 2.08. The van der Waals surface area contributed by atoms with Crippen LogP contribution in [-0.2, 0) is 9.59 Å². The van der Waals surface area contributed by atoms with Gasteiger partial charge in [-0.25, -0.2) is 0 Å². The van der Waals surface area contributed by atoms with Gasteiger partial charge in [-0.15, -0.1) is 11.8 Å². The van der Waals surface area contributed by atoms with Crippen LogP contribution < -0.4 is 10.6 Å². The highest BCUT2D eigenvalue weighted by molar-refractivity contribution is 8.00. The Morgan fingerprint density at radius 2 is 2.00 bits per heavy atom. The molecule has 4 nitrogen and oxygen atoms in total. The van der Waals surface area contributed by atoms with E-state index in [0.29, 0.717) is 17.8 Å². The first kappa shape index (κ1) is 20.3. The standard InChI is InChI=1S/C21H28N2O2S/c1-13(2)16(11-17(24)14(3)21(4,5)6)23-20(25)19-12-22-15-9-7-8-10-18(15)26-19/h7-11,14,19,22H,1,12H2,2-6H3,(H,23,25)/b16-11+. The van der Waals surface area contributed by atoms with Crippen LogP contribution in [0.5, 0.6) is 0 Å². The highest BCUT2D eigenvalue weighted by Crippen LogP contribution is 2.35. The van der Waals surface area contributed by atoms with Crippen molar-refractivity contribution in [1.29, 1.82) is 0 Å². The molecule has 2 atom stereocenters. The molecule has 1 amide bonds. The number of carbonyl (C=O) groups excluding carboxylic acids is 2. The Morgan fingerprint density at radius 1 is 1.35 bits per heavy atom. The van der Waals surface area contributed by atoms with E-state index in [1.807, 2.05) is 52.0 Å². The molecule has 1 aromatic rings. The Hall–Kier alpha value is -2.01. The highest BCUT2D eigenvalue weighted by Gasteiger charge is 2.28. The molecule has 0 aromatic heterocycles. The van der Waals surface area contributed by atoms with Crippen LogP contribution in [0.15, 0.2) is 53.1 Å². The number of ketones is 1. The molecule has 0 aliphatic carbocycles. The predicted molar refractivity (Wildman–Crippen MR) is 109 cm³/mol. The lowest BCUT2D eigenvalue weighted by Gasteiger charge is -2.26. The number of thioether (sulfide) groups is 1. The van der Waals surface area contributed by atoms with Gasteiger partial charge in [-0.1, -0.05) is 46.4 Å². The molecule has 0 fully saturated rings. The van der Waals surface area contributed by atoms with Crippen LogP contribution in [0.1, 0.15) is 34.6 Å². The Morgan fingerprint density at radius 3 is 2.62 bits per heavy atom. The van der Waals surface area contributed by atoms with Gasteiger partial charge in [-0.3, -0.25) is 9.59 Å². The molecular formula is C21H28N2O2S. The molecule has 1 heterocycles. The van der Waals surface area contributed by atoms with Crippen LogP contribution in [0.3, 0.4) is 0 Å². The third-order valence-corrected chi connectivity index (χ3v) is 5.93. The van der Waals surface area contributed by atoms with E-state index in [1.165, 1.54) is 17.8 Å². The van der Waals surface area contributed by atoms with E-state index in [9.17, 15) is 9.59 Å².